The first-order valence-corrected chi connectivity index (χ1v) is 5.57. The summed E-state index contributed by atoms with van der Waals surface area (Å²) in [5.74, 6) is 0.859. The van der Waals surface area contributed by atoms with Crippen molar-refractivity contribution in [1.82, 2.24) is 0 Å². The van der Waals surface area contributed by atoms with Crippen molar-refractivity contribution in [3.8, 4) is 0 Å². The minimum Gasteiger partial charge on any atom is -0.0890 e. The molecule has 0 saturated heterocycles. The first kappa shape index (κ1) is 9.57. The third-order valence-corrected chi connectivity index (χ3v) is 3.46. The Bertz CT molecular complexity index is 131. The summed E-state index contributed by atoms with van der Waals surface area (Å²) in [5, 5.41) is 0. The Balaban J connectivity index is 2.42. The molecule has 0 aliphatic heterocycles. The Morgan fingerprint density at radius 3 is 2.55 bits per heavy atom. The number of alkyl halides is 1. The van der Waals surface area contributed by atoms with Crippen molar-refractivity contribution in [3.05, 3.63) is 0 Å². The van der Waals surface area contributed by atoms with E-state index in [1.807, 2.05) is 0 Å². The average molecular weight is 219 g/mol. The van der Waals surface area contributed by atoms with Crippen LogP contribution < -0.4 is 0 Å². The Morgan fingerprint density at radius 2 is 2.18 bits per heavy atom. The van der Waals surface area contributed by atoms with Crippen molar-refractivity contribution in [1.29, 1.82) is 0 Å². The molecule has 0 heterocycles. The summed E-state index contributed by atoms with van der Waals surface area (Å²) in [6, 6.07) is 0. The predicted octanol–water partition coefficient (Wildman–Crippen LogP) is 3.99. The van der Waals surface area contributed by atoms with Gasteiger partial charge in [0.1, 0.15) is 0 Å². The van der Waals surface area contributed by atoms with Crippen LogP contribution in [0.1, 0.15) is 46.5 Å². The van der Waals surface area contributed by atoms with Gasteiger partial charge in [-0.05, 0) is 37.0 Å². The van der Waals surface area contributed by atoms with Crippen LogP contribution in [-0.4, -0.2) is 4.83 Å². The molecule has 0 aromatic rings. The van der Waals surface area contributed by atoms with Gasteiger partial charge in [-0.2, -0.15) is 0 Å². The van der Waals surface area contributed by atoms with E-state index in [4.69, 9.17) is 0 Å². The second kappa shape index (κ2) is 3.47. The Hall–Kier alpha value is 0.480. The zero-order valence-corrected chi connectivity index (χ0v) is 9.45. The summed E-state index contributed by atoms with van der Waals surface area (Å²) in [6.45, 7) is 7.09. The summed E-state index contributed by atoms with van der Waals surface area (Å²) in [7, 11) is 0. The summed E-state index contributed by atoms with van der Waals surface area (Å²) in [5.41, 5.74) is 0.641. The van der Waals surface area contributed by atoms with Crippen molar-refractivity contribution in [2.75, 3.05) is 0 Å². The van der Waals surface area contributed by atoms with Crippen molar-refractivity contribution >= 4 is 15.9 Å². The molecule has 1 aliphatic rings. The second-order valence-corrected chi connectivity index (χ2v) is 6.04. The van der Waals surface area contributed by atoms with E-state index in [1.54, 1.807) is 0 Å². The maximum Gasteiger partial charge on any atom is 0.0151 e. The summed E-state index contributed by atoms with van der Waals surface area (Å²) in [6.07, 6.45) is 5.57. The highest BCUT2D eigenvalue weighted by atomic mass is 79.9. The first-order valence-electron chi connectivity index (χ1n) is 4.66. The fourth-order valence-electron chi connectivity index (χ4n) is 2.41. The lowest BCUT2D eigenvalue weighted by Gasteiger charge is -2.25. The van der Waals surface area contributed by atoms with E-state index >= 15 is 0 Å². The van der Waals surface area contributed by atoms with Crippen LogP contribution in [-0.2, 0) is 0 Å². The fourth-order valence-corrected chi connectivity index (χ4v) is 3.43. The van der Waals surface area contributed by atoms with Crippen molar-refractivity contribution in [3.63, 3.8) is 0 Å². The highest BCUT2D eigenvalue weighted by Gasteiger charge is 2.33. The van der Waals surface area contributed by atoms with Crippen LogP contribution in [0.25, 0.3) is 0 Å². The molecular weight excluding hydrogens is 200 g/mol. The van der Waals surface area contributed by atoms with Gasteiger partial charge >= 0.3 is 0 Å². The maximum atomic E-state index is 3.70. The van der Waals surface area contributed by atoms with E-state index in [0.29, 0.717) is 5.41 Å². The minimum atomic E-state index is 0.641. The molecule has 11 heavy (non-hydrogen) atoms. The third-order valence-electron chi connectivity index (χ3n) is 2.68. The molecule has 2 unspecified atom stereocenters. The largest absolute Gasteiger partial charge is 0.0890 e. The highest BCUT2D eigenvalue weighted by Crippen LogP contribution is 2.45. The topological polar surface area (TPSA) is 0 Å². The molecule has 1 rings (SSSR count). The quantitative estimate of drug-likeness (QED) is 0.616. The highest BCUT2D eigenvalue weighted by molar-refractivity contribution is 9.09. The van der Waals surface area contributed by atoms with E-state index in [9.17, 15) is 0 Å². The minimum absolute atomic E-state index is 0.641. The summed E-state index contributed by atoms with van der Waals surface area (Å²) >= 11 is 3.70. The molecule has 0 nitrogen and oxygen atoms in total. The van der Waals surface area contributed by atoms with Gasteiger partial charge in [0, 0.05) is 4.83 Å². The van der Waals surface area contributed by atoms with Crippen molar-refractivity contribution < 1.29 is 0 Å². The molecule has 1 saturated carbocycles. The molecule has 0 aromatic heterocycles. The van der Waals surface area contributed by atoms with Crippen LogP contribution in [0.2, 0.25) is 0 Å². The normalized spacial score (nSPS) is 38.5. The molecule has 1 heteroatoms. The van der Waals surface area contributed by atoms with E-state index < -0.39 is 0 Å². The van der Waals surface area contributed by atoms with Gasteiger partial charge in [-0.25, -0.2) is 0 Å². The number of hydrogen-bond donors (Lipinski definition) is 0. The van der Waals surface area contributed by atoms with E-state index in [0.717, 1.165) is 10.7 Å². The van der Waals surface area contributed by atoms with Crippen LogP contribution in [0.4, 0.5) is 0 Å². The van der Waals surface area contributed by atoms with Crippen molar-refractivity contribution in [2.45, 2.75) is 51.3 Å². The van der Waals surface area contributed by atoms with Gasteiger partial charge in [0.2, 0.25) is 0 Å². The molecule has 0 radical (unpaired) electrons. The Kier molecular flexibility index (Phi) is 3.02. The lowest BCUT2D eigenvalue weighted by Crippen LogP contribution is -2.14. The van der Waals surface area contributed by atoms with Gasteiger partial charge in [0.25, 0.3) is 0 Å². The van der Waals surface area contributed by atoms with E-state index in [1.165, 1.54) is 25.7 Å². The molecule has 0 N–H and O–H groups in total. The van der Waals surface area contributed by atoms with Crippen molar-refractivity contribution in [2.24, 2.45) is 11.3 Å². The standard InChI is InChI=1S/C10H19Br/c1-8(2)6-10(3)5-4-9(11)7-10/h8-9H,4-7H2,1-3H3. The molecule has 0 amide bonds. The van der Waals surface area contributed by atoms with E-state index in [2.05, 4.69) is 36.7 Å². The van der Waals surface area contributed by atoms with Gasteiger partial charge < -0.3 is 0 Å². The van der Waals surface area contributed by atoms with Gasteiger partial charge in [0.05, 0.1) is 0 Å². The average Bonchev–Trinajstić information content (AvgIpc) is 2.08. The number of rotatable bonds is 2. The summed E-state index contributed by atoms with van der Waals surface area (Å²) in [4.78, 5) is 0.797. The van der Waals surface area contributed by atoms with Crippen LogP contribution in [0.3, 0.4) is 0 Å². The lowest BCUT2D eigenvalue weighted by molar-refractivity contribution is 0.266. The molecule has 0 aromatic carbocycles. The van der Waals surface area contributed by atoms with Crippen LogP contribution in [0.15, 0.2) is 0 Å². The molecular formula is C10H19Br. The lowest BCUT2D eigenvalue weighted by atomic mass is 9.81. The van der Waals surface area contributed by atoms with Gasteiger partial charge in [-0.15, -0.1) is 0 Å². The SMILES string of the molecule is CC(C)CC1(C)CCC(Br)C1. The molecule has 0 bridgehead atoms. The number of hydrogen-bond acceptors (Lipinski definition) is 0. The smallest absolute Gasteiger partial charge is 0.0151 e. The Labute approximate surface area is 78.9 Å². The van der Waals surface area contributed by atoms with Crippen LogP contribution in [0, 0.1) is 11.3 Å². The summed E-state index contributed by atoms with van der Waals surface area (Å²) < 4.78 is 0. The zero-order valence-electron chi connectivity index (χ0n) is 7.86. The molecule has 1 aliphatic carbocycles. The van der Waals surface area contributed by atoms with E-state index in [-0.39, 0.29) is 0 Å². The maximum absolute atomic E-state index is 3.70. The third kappa shape index (κ3) is 2.77. The second-order valence-electron chi connectivity index (χ2n) is 4.75. The monoisotopic (exact) mass is 218 g/mol. The molecule has 66 valence electrons. The first-order chi connectivity index (χ1) is 5.02. The zero-order chi connectivity index (χ0) is 8.48. The Morgan fingerprint density at radius 1 is 1.55 bits per heavy atom. The van der Waals surface area contributed by atoms with Gasteiger partial charge in [-0.1, -0.05) is 36.7 Å². The van der Waals surface area contributed by atoms with Crippen LogP contribution in [0.5, 0.6) is 0 Å². The molecule has 2 atom stereocenters. The fraction of sp³-hybridized carbons (Fsp3) is 1.00. The number of halogens is 1. The predicted molar refractivity (Wildman–Crippen MR) is 54.1 cm³/mol. The van der Waals surface area contributed by atoms with Gasteiger partial charge in [-0.3, -0.25) is 0 Å². The molecule has 0 spiro atoms. The molecule has 1 fully saturated rings. The van der Waals surface area contributed by atoms with Gasteiger partial charge in [0.15, 0.2) is 0 Å². The van der Waals surface area contributed by atoms with Crippen LogP contribution >= 0.6 is 15.9 Å².